The van der Waals surface area contributed by atoms with E-state index in [0.717, 1.165) is 17.9 Å². The van der Waals surface area contributed by atoms with Crippen LogP contribution in [0.1, 0.15) is 51.8 Å². The van der Waals surface area contributed by atoms with Crippen molar-refractivity contribution in [2.75, 3.05) is 26.7 Å². The Morgan fingerprint density at radius 3 is 2.54 bits per heavy atom. The van der Waals surface area contributed by atoms with Crippen LogP contribution < -0.4 is 20.7 Å². The third-order valence-corrected chi connectivity index (χ3v) is 3.90. The molecule has 0 heterocycles. The number of aliphatic imine (C=N–C) groups is 1. The van der Waals surface area contributed by atoms with Gasteiger partial charge >= 0.3 is 0 Å². The van der Waals surface area contributed by atoms with E-state index in [4.69, 9.17) is 4.74 Å². The molecule has 0 saturated heterocycles. The van der Waals surface area contributed by atoms with Gasteiger partial charge in [0.15, 0.2) is 5.96 Å². The molecule has 3 N–H and O–H groups in total. The first-order valence-corrected chi connectivity index (χ1v) is 9.16. The van der Waals surface area contributed by atoms with Crippen LogP contribution in [0.4, 0.5) is 0 Å². The van der Waals surface area contributed by atoms with E-state index in [1.54, 1.807) is 7.11 Å². The Hall–Kier alpha value is -2.24. The molecule has 0 aromatic heterocycles. The van der Waals surface area contributed by atoms with E-state index in [0.29, 0.717) is 19.0 Å². The molecular formula is C20H34N4O2. The zero-order valence-corrected chi connectivity index (χ0v) is 17.2. The first-order valence-electron chi connectivity index (χ1n) is 9.16. The minimum absolute atomic E-state index is 0.0310. The average molecular weight is 363 g/mol. The Bertz CT molecular complexity index is 621. The largest absolute Gasteiger partial charge is 0.496 e. The molecule has 0 aliphatic carbocycles. The molecule has 1 aromatic rings. The predicted molar refractivity (Wildman–Crippen MR) is 108 cm³/mol. The molecule has 0 bridgehead atoms. The fourth-order valence-electron chi connectivity index (χ4n) is 2.40. The molecule has 26 heavy (non-hydrogen) atoms. The fourth-order valence-corrected chi connectivity index (χ4v) is 2.40. The van der Waals surface area contributed by atoms with Crippen molar-refractivity contribution in [2.24, 2.45) is 10.4 Å². The summed E-state index contributed by atoms with van der Waals surface area (Å²) in [6, 6.07) is 6.16. The molecule has 1 atom stereocenters. The third-order valence-electron chi connectivity index (χ3n) is 3.90. The minimum Gasteiger partial charge on any atom is -0.496 e. The van der Waals surface area contributed by atoms with E-state index in [2.05, 4.69) is 40.9 Å². The summed E-state index contributed by atoms with van der Waals surface area (Å²) in [4.78, 5) is 16.4. The first kappa shape index (κ1) is 21.8. The van der Waals surface area contributed by atoms with Crippen LogP contribution in [0, 0.1) is 12.3 Å². The molecule has 1 rings (SSSR count). The number of aryl methyl sites for hydroxylation is 1. The Morgan fingerprint density at radius 2 is 1.96 bits per heavy atom. The number of benzene rings is 1. The number of nitrogens with zero attached hydrogens (tertiary/aromatic N) is 1. The first-order chi connectivity index (χ1) is 12.2. The van der Waals surface area contributed by atoms with E-state index in [-0.39, 0.29) is 17.4 Å². The number of guanidine groups is 1. The molecule has 0 aliphatic rings. The lowest BCUT2D eigenvalue weighted by Gasteiger charge is -2.21. The molecule has 0 aliphatic heterocycles. The Kier molecular flexibility index (Phi) is 8.42. The highest BCUT2D eigenvalue weighted by Gasteiger charge is 2.20. The van der Waals surface area contributed by atoms with Gasteiger partial charge in [-0.15, -0.1) is 0 Å². The summed E-state index contributed by atoms with van der Waals surface area (Å²) in [7, 11) is 1.68. The second-order valence-corrected chi connectivity index (χ2v) is 7.38. The van der Waals surface area contributed by atoms with Crippen LogP contribution in [0.2, 0.25) is 0 Å². The maximum absolute atomic E-state index is 11.9. The standard InChI is InChI=1S/C20H34N4O2/c1-8-21-19(23-12-11-22-18(25)20(4,5)6)24-15(3)16-13-14(2)9-10-17(16)26-7/h9-10,13,15H,8,11-12H2,1-7H3,(H,22,25)(H2,21,23,24). The third kappa shape index (κ3) is 6.94. The van der Waals surface area contributed by atoms with Crippen molar-refractivity contribution in [3.63, 3.8) is 0 Å². The lowest BCUT2D eigenvalue weighted by Crippen LogP contribution is -2.40. The van der Waals surface area contributed by atoms with Crippen molar-refractivity contribution < 1.29 is 9.53 Å². The van der Waals surface area contributed by atoms with Crippen molar-refractivity contribution in [2.45, 2.75) is 47.6 Å². The number of hydrogen-bond acceptors (Lipinski definition) is 3. The molecule has 1 aromatic carbocycles. The Morgan fingerprint density at radius 1 is 1.27 bits per heavy atom. The van der Waals surface area contributed by atoms with E-state index in [1.807, 2.05) is 39.8 Å². The van der Waals surface area contributed by atoms with Gasteiger partial charge in [-0.3, -0.25) is 9.79 Å². The normalized spacial score (nSPS) is 13.1. The molecule has 0 fully saturated rings. The van der Waals surface area contributed by atoms with Gasteiger partial charge in [0, 0.05) is 24.1 Å². The number of hydrogen-bond donors (Lipinski definition) is 3. The smallest absolute Gasteiger partial charge is 0.225 e. The zero-order chi connectivity index (χ0) is 19.7. The number of rotatable bonds is 7. The number of ether oxygens (including phenoxy) is 1. The van der Waals surface area contributed by atoms with E-state index >= 15 is 0 Å². The molecule has 6 heteroatoms. The maximum atomic E-state index is 11.9. The van der Waals surface area contributed by atoms with Gasteiger partial charge in [0.2, 0.25) is 5.91 Å². The van der Waals surface area contributed by atoms with Crippen LogP contribution >= 0.6 is 0 Å². The maximum Gasteiger partial charge on any atom is 0.225 e. The number of nitrogens with one attached hydrogen (secondary N) is 3. The van der Waals surface area contributed by atoms with Crippen molar-refractivity contribution in [1.29, 1.82) is 0 Å². The van der Waals surface area contributed by atoms with Gasteiger partial charge in [-0.1, -0.05) is 38.5 Å². The van der Waals surface area contributed by atoms with Gasteiger partial charge in [-0.2, -0.15) is 0 Å². The number of carbonyl (C=O) groups excluding carboxylic acids is 1. The molecule has 0 spiro atoms. The molecule has 146 valence electrons. The summed E-state index contributed by atoms with van der Waals surface area (Å²) in [5.74, 6) is 1.60. The van der Waals surface area contributed by atoms with E-state index < -0.39 is 0 Å². The topological polar surface area (TPSA) is 74.8 Å². The summed E-state index contributed by atoms with van der Waals surface area (Å²) >= 11 is 0. The number of amides is 1. The second kappa shape index (κ2) is 10.0. The summed E-state index contributed by atoms with van der Waals surface area (Å²) in [6.07, 6.45) is 0. The lowest BCUT2D eigenvalue weighted by molar-refractivity contribution is -0.128. The van der Waals surface area contributed by atoms with Gasteiger partial charge in [0.25, 0.3) is 0 Å². The summed E-state index contributed by atoms with van der Waals surface area (Å²) < 4.78 is 5.47. The second-order valence-electron chi connectivity index (χ2n) is 7.38. The van der Waals surface area contributed by atoms with Crippen LogP contribution in [0.15, 0.2) is 23.2 Å². The number of carbonyl (C=O) groups is 1. The van der Waals surface area contributed by atoms with Crippen LogP contribution in [-0.4, -0.2) is 38.6 Å². The molecule has 1 unspecified atom stereocenters. The van der Waals surface area contributed by atoms with Gasteiger partial charge in [-0.05, 0) is 26.8 Å². The number of methoxy groups -OCH3 is 1. The highest BCUT2D eigenvalue weighted by Crippen LogP contribution is 2.25. The fraction of sp³-hybridized carbons (Fsp3) is 0.600. The Balaban J connectivity index is 2.72. The highest BCUT2D eigenvalue weighted by molar-refractivity contribution is 5.81. The summed E-state index contributed by atoms with van der Waals surface area (Å²) in [5, 5.41) is 9.55. The van der Waals surface area contributed by atoms with Crippen molar-refractivity contribution >= 4 is 11.9 Å². The van der Waals surface area contributed by atoms with Gasteiger partial charge < -0.3 is 20.7 Å². The molecule has 0 saturated carbocycles. The molecule has 0 radical (unpaired) electrons. The van der Waals surface area contributed by atoms with Crippen molar-refractivity contribution in [1.82, 2.24) is 16.0 Å². The van der Waals surface area contributed by atoms with Crippen LogP contribution in [-0.2, 0) is 4.79 Å². The van der Waals surface area contributed by atoms with Crippen molar-refractivity contribution in [3.05, 3.63) is 29.3 Å². The minimum atomic E-state index is -0.386. The monoisotopic (exact) mass is 362 g/mol. The van der Waals surface area contributed by atoms with Crippen LogP contribution in [0.5, 0.6) is 5.75 Å². The lowest BCUT2D eigenvalue weighted by atomic mass is 9.96. The van der Waals surface area contributed by atoms with Gasteiger partial charge in [0.1, 0.15) is 5.75 Å². The van der Waals surface area contributed by atoms with Gasteiger partial charge in [-0.25, -0.2) is 0 Å². The quantitative estimate of drug-likeness (QED) is 0.396. The molecule has 6 nitrogen and oxygen atoms in total. The predicted octanol–water partition coefficient (Wildman–Crippen LogP) is 2.78. The van der Waals surface area contributed by atoms with E-state index in [1.165, 1.54) is 5.56 Å². The summed E-state index contributed by atoms with van der Waals surface area (Å²) in [5.41, 5.74) is 1.88. The molecule has 1 amide bonds. The Labute approximate surface area is 157 Å². The van der Waals surface area contributed by atoms with Crippen molar-refractivity contribution in [3.8, 4) is 5.75 Å². The zero-order valence-electron chi connectivity index (χ0n) is 17.2. The highest BCUT2D eigenvalue weighted by atomic mass is 16.5. The van der Waals surface area contributed by atoms with Crippen LogP contribution in [0.3, 0.4) is 0 Å². The van der Waals surface area contributed by atoms with Gasteiger partial charge in [0.05, 0.1) is 19.7 Å². The van der Waals surface area contributed by atoms with Crippen LogP contribution in [0.25, 0.3) is 0 Å². The SMILES string of the molecule is CCNC(=NCCNC(=O)C(C)(C)C)NC(C)c1cc(C)ccc1OC. The molecular weight excluding hydrogens is 328 g/mol. The average Bonchev–Trinajstić information content (AvgIpc) is 2.57. The van der Waals surface area contributed by atoms with E-state index in [9.17, 15) is 4.79 Å². The summed E-state index contributed by atoms with van der Waals surface area (Å²) in [6.45, 7) is 13.6.